The van der Waals surface area contributed by atoms with Crippen LogP contribution in [0.25, 0.3) is 0 Å². The summed E-state index contributed by atoms with van der Waals surface area (Å²) in [6.07, 6.45) is 4.36. The largest absolute Gasteiger partial charge is 0.378 e. The van der Waals surface area contributed by atoms with Gasteiger partial charge < -0.3 is 15.4 Å². The lowest BCUT2D eigenvalue weighted by Gasteiger charge is -2.32. The van der Waals surface area contributed by atoms with E-state index in [1.807, 2.05) is 12.1 Å². The van der Waals surface area contributed by atoms with Gasteiger partial charge in [0.05, 0.1) is 6.10 Å². The predicted octanol–water partition coefficient (Wildman–Crippen LogP) is 3.60. The fourth-order valence-corrected chi connectivity index (χ4v) is 3.80. The summed E-state index contributed by atoms with van der Waals surface area (Å²) in [5, 5.41) is 6.62. The van der Waals surface area contributed by atoms with Crippen molar-refractivity contribution in [2.45, 2.75) is 38.3 Å². The second-order valence-corrected chi connectivity index (χ2v) is 7.99. The van der Waals surface area contributed by atoms with Crippen LogP contribution in [-0.4, -0.2) is 56.8 Å². The Morgan fingerprint density at radius 3 is 2.42 bits per heavy atom. The molecule has 0 spiro atoms. The zero-order chi connectivity index (χ0) is 21.7. The Morgan fingerprint density at radius 1 is 1.00 bits per heavy atom. The molecule has 5 nitrogen and oxygen atoms in total. The topological polar surface area (TPSA) is 48.9 Å². The number of piperidine rings is 1. The predicted molar refractivity (Wildman–Crippen MR) is 125 cm³/mol. The van der Waals surface area contributed by atoms with Gasteiger partial charge in [-0.2, -0.15) is 0 Å². The van der Waals surface area contributed by atoms with E-state index in [0.29, 0.717) is 6.10 Å². The Bertz CT molecular complexity index is 774. The quantitative estimate of drug-likeness (QED) is 0.346. The molecule has 3 rings (SSSR count). The van der Waals surface area contributed by atoms with Crippen LogP contribution < -0.4 is 10.6 Å². The van der Waals surface area contributed by atoms with E-state index >= 15 is 0 Å². The van der Waals surface area contributed by atoms with Crippen molar-refractivity contribution >= 4 is 5.96 Å². The number of nitrogens with zero attached hydrogens (tertiary/aromatic N) is 2. The lowest BCUT2D eigenvalue weighted by Crippen LogP contribution is -2.39. The summed E-state index contributed by atoms with van der Waals surface area (Å²) >= 11 is 0. The highest BCUT2D eigenvalue weighted by atomic mass is 19.1. The van der Waals surface area contributed by atoms with Crippen LogP contribution in [0.4, 0.5) is 4.39 Å². The lowest BCUT2D eigenvalue weighted by atomic mass is 10.1. The van der Waals surface area contributed by atoms with Gasteiger partial charge in [-0.05, 0) is 48.9 Å². The van der Waals surface area contributed by atoms with Crippen molar-refractivity contribution in [2.24, 2.45) is 4.99 Å². The summed E-state index contributed by atoms with van der Waals surface area (Å²) in [4.78, 5) is 6.76. The molecule has 31 heavy (non-hydrogen) atoms. The molecule has 2 aromatic carbocycles. The van der Waals surface area contributed by atoms with Crippen molar-refractivity contribution in [3.05, 3.63) is 71.5 Å². The van der Waals surface area contributed by atoms with E-state index in [1.54, 1.807) is 7.05 Å². The maximum atomic E-state index is 13.0. The molecule has 0 radical (unpaired) electrons. The summed E-state index contributed by atoms with van der Waals surface area (Å²) in [6.45, 7) is 5.57. The molecule has 0 bridgehead atoms. The average Bonchev–Trinajstić information content (AvgIpc) is 2.80. The molecule has 2 N–H and O–H groups in total. The number of aliphatic imine (C=N–C) groups is 1. The normalized spacial score (nSPS) is 15.7. The van der Waals surface area contributed by atoms with Gasteiger partial charge >= 0.3 is 0 Å². The van der Waals surface area contributed by atoms with Gasteiger partial charge in [-0.3, -0.25) is 9.89 Å². The highest BCUT2D eigenvalue weighted by Gasteiger charge is 2.19. The first-order valence-electron chi connectivity index (χ1n) is 11.3. The van der Waals surface area contributed by atoms with Gasteiger partial charge in [0, 0.05) is 46.4 Å². The molecule has 0 atom stereocenters. The van der Waals surface area contributed by atoms with Crippen LogP contribution in [0.1, 0.15) is 30.4 Å². The number of hydrogen-bond donors (Lipinski definition) is 2. The smallest absolute Gasteiger partial charge is 0.190 e. The van der Waals surface area contributed by atoms with Gasteiger partial charge in [0.25, 0.3) is 0 Å². The molecular weight excluding hydrogens is 391 g/mol. The third-order valence-electron chi connectivity index (χ3n) is 5.59. The minimum absolute atomic E-state index is 0.200. The number of likely N-dealkylation sites (tertiary alicyclic amines) is 1. The van der Waals surface area contributed by atoms with Crippen molar-refractivity contribution in [3.8, 4) is 0 Å². The van der Waals surface area contributed by atoms with Gasteiger partial charge in [-0.1, -0.05) is 42.5 Å². The minimum atomic E-state index is -0.200. The molecule has 1 fully saturated rings. The summed E-state index contributed by atoms with van der Waals surface area (Å²) in [5.74, 6) is 0.588. The van der Waals surface area contributed by atoms with Crippen molar-refractivity contribution in [1.82, 2.24) is 15.5 Å². The van der Waals surface area contributed by atoms with E-state index in [4.69, 9.17) is 4.74 Å². The second kappa shape index (κ2) is 13.1. The van der Waals surface area contributed by atoms with Crippen LogP contribution in [0, 0.1) is 5.82 Å². The van der Waals surface area contributed by atoms with E-state index in [9.17, 15) is 4.39 Å². The fourth-order valence-electron chi connectivity index (χ4n) is 3.80. The minimum Gasteiger partial charge on any atom is -0.378 e. The van der Waals surface area contributed by atoms with E-state index in [1.165, 1.54) is 17.7 Å². The van der Waals surface area contributed by atoms with Crippen molar-refractivity contribution in [2.75, 3.05) is 39.8 Å². The fraction of sp³-hybridized carbons (Fsp3) is 0.480. The highest BCUT2D eigenvalue weighted by molar-refractivity contribution is 5.79. The Labute approximate surface area is 185 Å². The lowest BCUT2D eigenvalue weighted by molar-refractivity contribution is 0.00534. The summed E-state index contributed by atoms with van der Waals surface area (Å²) in [5.41, 5.74) is 2.49. The van der Waals surface area contributed by atoms with E-state index in [2.05, 4.69) is 50.9 Å². The van der Waals surface area contributed by atoms with E-state index in [-0.39, 0.29) is 5.82 Å². The third kappa shape index (κ3) is 8.67. The molecule has 1 aliphatic rings. The van der Waals surface area contributed by atoms with Gasteiger partial charge in [-0.15, -0.1) is 0 Å². The van der Waals surface area contributed by atoms with Crippen molar-refractivity contribution in [3.63, 3.8) is 0 Å². The maximum absolute atomic E-state index is 13.0. The molecule has 1 heterocycles. The second-order valence-electron chi connectivity index (χ2n) is 7.99. The SMILES string of the molecule is CN=C(NCCCOC1CCN(Cc2ccccc2)CC1)NCCc1ccc(F)cc1. The molecule has 1 aliphatic heterocycles. The molecule has 0 saturated carbocycles. The summed E-state index contributed by atoms with van der Waals surface area (Å²) in [7, 11) is 1.77. The highest BCUT2D eigenvalue weighted by Crippen LogP contribution is 2.16. The molecule has 0 aliphatic carbocycles. The molecule has 1 saturated heterocycles. The van der Waals surface area contributed by atoms with E-state index < -0.39 is 0 Å². The maximum Gasteiger partial charge on any atom is 0.190 e. The summed E-state index contributed by atoms with van der Waals surface area (Å²) in [6, 6.07) is 17.3. The van der Waals surface area contributed by atoms with Crippen LogP contribution in [0.3, 0.4) is 0 Å². The molecule has 168 valence electrons. The monoisotopic (exact) mass is 426 g/mol. The number of benzene rings is 2. The molecule has 0 aromatic heterocycles. The van der Waals surface area contributed by atoms with Gasteiger partial charge in [-0.25, -0.2) is 4.39 Å². The average molecular weight is 427 g/mol. The van der Waals surface area contributed by atoms with Gasteiger partial charge in [0.15, 0.2) is 5.96 Å². The Hall–Kier alpha value is -2.44. The first-order valence-corrected chi connectivity index (χ1v) is 11.3. The number of hydrogen-bond acceptors (Lipinski definition) is 3. The van der Waals surface area contributed by atoms with Crippen LogP contribution in [-0.2, 0) is 17.7 Å². The van der Waals surface area contributed by atoms with Gasteiger partial charge in [0.2, 0.25) is 0 Å². The Kier molecular flexibility index (Phi) is 9.80. The summed E-state index contributed by atoms with van der Waals surface area (Å²) < 4.78 is 19.0. The van der Waals surface area contributed by atoms with Crippen molar-refractivity contribution < 1.29 is 9.13 Å². The van der Waals surface area contributed by atoms with Crippen molar-refractivity contribution in [1.29, 1.82) is 0 Å². The molecular formula is C25H35FN4O. The van der Waals surface area contributed by atoms with Crippen LogP contribution in [0.15, 0.2) is 59.6 Å². The van der Waals surface area contributed by atoms with E-state index in [0.717, 1.165) is 76.5 Å². The van der Waals surface area contributed by atoms with Crippen LogP contribution >= 0.6 is 0 Å². The standard InChI is InChI=1S/C25H35FN4O/c1-27-25(29-16-12-21-8-10-23(26)11-9-21)28-15-5-19-31-24-13-17-30(18-14-24)20-22-6-3-2-4-7-22/h2-4,6-11,24H,5,12-20H2,1H3,(H2,27,28,29). The van der Waals surface area contributed by atoms with Gasteiger partial charge in [0.1, 0.15) is 5.82 Å². The molecule has 2 aromatic rings. The van der Waals surface area contributed by atoms with Crippen LogP contribution in [0.2, 0.25) is 0 Å². The first-order chi connectivity index (χ1) is 15.2. The molecule has 0 amide bonds. The zero-order valence-electron chi connectivity index (χ0n) is 18.5. The van der Waals surface area contributed by atoms with Crippen LogP contribution in [0.5, 0.6) is 0 Å². The number of ether oxygens (including phenoxy) is 1. The number of halogens is 1. The first kappa shape index (κ1) is 23.2. The zero-order valence-corrected chi connectivity index (χ0v) is 18.5. The number of nitrogens with one attached hydrogen (secondary N) is 2. The Morgan fingerprint density at radius 2 is 1.71 bits per heavy atom. The molecule has 6 heteroatoms. The molecule has 0 unspecified atom stereocenters. The number of rotatable bonds is 10. The Balaban J connectivity index is 1.21. The third-order valence-corrected chi connectivity index (χ3v) is 5.59. The number of guanidine groups is 1.